The lowest BCUT2D eigenvalue weighted by Gasteiger charge is -2.16. The fourth-order valence-corrected chi connectivity index (χ4v) is 3.74. The van der Waals surface area contributed by atoms with Crippen LogP contribution in [0.5, 0.6) is 0 Å². The monoisotopic (exact) mass is 324 g/mol. The fourth-order valence-electron chi connectivity index (χ4n) is 1.19. The van der Waals surface area contributed by atoms with Crippen molar-refractivity contribution in [2.24, 2.45) is 11.8 Å². The zero-order valence-electron chi connectivity index (χ0n) is 7.89. The van der Waals surface area contributed by atoms with E-state index in [1.807, 2.05) is 11.3 Å². The van der Waals surface area contributed by atoms with Gasteiger partial charge in [0.05, 0.1) is 3.79 Å². The van der Waals surface area contributed by atoms with Crippen molar-refractivity contribution in [2.45, 2.75) is 20.3 Å². The molecule has 0 fully saturated rings. The summed E-state index contributed by atoms with van der Waals surface area (Å²) in [5.41, 5.74) is 0. The van der Waals surface area contributed by atoms with Gasteiger partial charge >= 0.3 is 0 Å². The second kappa shape index (κ2) is 5.52. The number of alkyl halides is 1. The molecule has 0 amide bonds. The van der Waals surface area contributed by atoms with Crippen molar-refractivity contribution in [3.8, 4) is 0 Å². The van der Waals surface area contributed by atoms with E-state index in [1.165, 1.54) is 15.1 Å². The van der Waals surface area contributed by atoms with Gasteiger partial charge in [0.15, 0.2) is 0 Å². The van der Waals surface area contributed by atoms with Crippen LogP contribution in [0, 0.1) is 11.8 Å². The molecule has 1 rings (SSSR count). The van der Waals surface area contributed by atoms with Gasteiger partial charge in [-0.2, -0.15) is 0 Å². The molecule has 0 saturated carbocycles. The molecule has 0 aliphatic carbocycles. The fraction of sp³-hybridized carbons (Fsp3) is 0.600. The van der Waals surface area contributed by atoms with Gasteiger partial charge in [0.25, 0.3) is 0 Å². The minimum atomic E-state index is 0.750. The Bertz CT molecular complexity index is 255. The smallest absolute Gasteiger partial charge is 0.0701 e. The molecular formula is C10H14Br2S. The van der Waals surface area contributed by atoms with Crippen LogP contribution in [0.4, 0.5) is 0 Å². The molecule has 1 heterocycles. The van der Waals surface area contributed by atoms with Crippen LogP contribution in [0.1, 0.15) is 18.7 Å². The van der Waals surface area contributed by atoms with Crippen LogP contribution in [0.2, 0.25) is 0 Å². The summed E-state index contributed by atoms with van der Waals surface area (Å²) < 4.78 is 1.24. The standard InChI is InChI=1S/C10H14Br2S/c1-7(2)8(6-11)5-9-3-4-10(12)13-9/h3-4,7-8H,5-6H2,1-2H3. The highest BCUT2D eigenvalue weighted by molar-refractivity contribution is 9.11. The molecule has 1 aromatic rings. The number of halogens is 2. The Morgan fingerprint density at radius 1 is 1.38 bits per heavy atom. The Morgan fingerprint density at radius 3 is 2.46 bits per heavy atom. The maximum Gasteiger partial charge on any atom is 0.0701 e. The van der Waals surface area contributed by atoms with Gasteiger partial charge in [-0.15, -0.1) is 11.3 Å². The molecule has 0 bridgehead atoms. The van der Waals surface area contributed by atoms with Gasteiger partial charge in [0.2, 0.25) is 0 Å². The van der Waals surface area contributed by atoms with Crippen LogP contribution in [-0.4, -0.2) is 5.33 Å². The topological polar surface area (TPSA) is 0 Å². The third-order valence-electron chi connectivity index (χ3n) is 2.23. The SMILES string of the molecule is CC(C)C(CBr)Cc1ccc(Br)s1. The lowest BCUT2D eigenvalue weighted by Crippen LogP contribution is -2.12. The van der Waals surface area contributed by atoms with Crippen molar-refractivity contribution >= 4 is 43.2 Å². The molecule has 0 aromatic carbocycles. The number of hydrogen-bond donors (Lipinski definition) is 0. The van der Waals surface area contributed by atoms with Gasteiger partial charge in [-0.05, 0) is 46.3 Å². The lowest BCUT2D eigenvalue weighted by molar-refractivity contribution is 0.429. The first kappa shape index (κ1) is 11.7. The third-order valence-corrected chi connectivity index (χ3v) is 4.71. The largest absolute Gasteiger partial charge is 0.133 e. The molecular weight excluding hydrogens is 312 g/mol. The van der Waals surface area contributed by atoms with Gasteiger partial charge in [0, 0.05) is 10.2 Å². The minimum absolute atomic E-state index is 0.750. The summed E-state index contributed by atoms with van der Waals surface area (Å²) >= 11 is 8.91. The van der Waals surface area contributed by atoms with Crippen molar-refractivity contribution in [1.82, 2.24) is 0 Å². The predicted octanol–water partition coefficient (Wildman–Crippen LogP) is 4.72. The first-order valence-corrected chi connectivity index (χ1v) is 7.16. The maximum atomic E-state index is 3.57. The molecule has 0 N–H and O–H groups in total. The Balaban J connectivity index is 2.56. The van der Waals surface area contributed by atoms with Crippen LogP contribution in [-0.2, 0) is 6.42 Å². The average Bonchev–Trinajstić information content (AvgIpc) is 2.46. The van der Waals surface area contributed by atoms with E-state index in [2.05, 4.69) is 57.8 Å². The molecule has 1 unspecified atom stereocenters. The second-order valence-electron chi connectivity index (χ2n) is 3.57. The molecule has 1 aromatic heterocycles. The highest BCUT2D eigenvalue weighted by atomic mass is 79.9. The Labute approximate surface area is 101 Å². The van der Waals surface area contributed by atoms with E-state index >= 15 is 0 Å². The van der Waals surface area contributed by atoms with E-state index in [0.29, 0.717) is 0 Å². The summed E-state index contributed by atoms with van der Waals surface area (Å²) in [4.78, 5) is 1.48. The van der Waals surface area contributed by atoms with Gasteiger partial charge in [-0.1, -0.05) is 29.8 Å². The van der Waals surface area contributed by atoms with Crippen molar-refractivity contribution in [3.05, 3.63) is 20.8 Å². The van der Waals surface area contributed by atoms with Crippen LogP contribution in [0.25, 0.3) is 0 Å². The van der Waals surface area contributed by atoms with Crippen molar-refractivity contribution < 1.29 is 0 Å². The van der Waals surface area contributed by atoms with Crippen molar-refractivity contribution in [1.29, 1.82) is 0 Å². The molecule has 0 saturated heterocycles. The van der Waals surface area contributed by atoms with Crippen LogP contribution in [0.15, 0.2) is 15.9 Å². The lowest BCUT2D eigenvalue weighted by atomic mass is 9.94. The average molecular weight is 326 g/mol. The highest BCUT2D eigenvalue weighted by Crippen LogP contribution is 2.27. The van der Waals surface area contributed by atoms with E-state index < -0.39 is 0 Å². The van der Waals surface area contributed by atoms with Gasteiger partial charge in [-0.3, -0.25) is 0 Å². The number of rotatable bonds is 4. The summed E-state index contributed by atoms with van der Waals surface area (Å²) in [5, 5.41) is 1.10. The normalized spacial score (nSPS) is 13.6. The molecule has 13 heavy (non-hydrogen) atoms. The Morgan fingerprint density at radius 2 is 2.08 bits per heavy atom. The molecule has 1 atom stereocenters. The van der Waals surface area contributed by atoms with E-state index in [0.717, 1.165) is 17.2 Å². The predicted molar refractivity (Wildman–Crippen MR) is 67.8 cm³/mol. The Kier molecular flexibility index (Phi) is 4.98. The van der Waals surface area contributed by atoms with E-state index in [1.54, 1.807) is 0 Å². The molecule has 0 aliphatic heterocycles. The highest BCUT2D eigenvalue weighted by Gasteiger charge is 2.13. The molecule has 0 spiro atoms. The third kappa shape index (κ3) is 3.72. The molecule has 0 radical (unpaired) electrons. The first-order valence-electron chi connectivity index (χ1n) is 4.43. The summed E-state index contributed by atoms with van der Waals surface area (Å²) in [7, 11) is 0. The summed E-state index contributed by atoms with van der Waals surface area (Å²) in [5.74, 6) is 1.51. The second-order valence-corrected chi connectivity index (χ2v) is 6.76. The van der Waals surface area contributed by atoms with Crippen LogP contribution >= 0.6 is 43.2 Å². The van der Waals surface area contributed by atoms with Gasteiger partial charge in [0.1, 0.15) is 0 Å². The van der Waals surface area contributed by atoms with Crippen LogP contribution in [0.3, 0.4) is 0 Å². The van der Waals surface area contributed by atoms with Gasteiger partial charge < -0.3 is 0 Å². The van der Waals surface area contributed by atoms with Crippen molar-refractivity contribution in [2.75, 3.05) is 5.33 Å². The first-order chi connectivity index (χ1) is 6.13. The summed E-state index contributed by atoms with van der Waals surface area (Å²) in [6, 6.07) is 4.35. The summed E-state index contributed by atoms with van der Waals surface area (Å²) in [6.45, 7) is 4.57. The van der Waals surface area contributed by atoms with Gasteiger partial charge in [-0.25, -0.2) is 0 Å². The zero-order chi connectivity index (χ0) is 9.84. The molecule has 3 heteroatoms. The van der Waals surface area contributed by atoms with Crippen molar-refractivity contribution in [3.63, 3.8) is 0 Å². The minimum Gasteiger partial charge on any atom is -0.133 e. The zero-order valence-corrected chi connectivity index (χ0v) is 11.9. The van der Waals surface area contributed by atoms with E-state index in [-0.39, 0.29) is 0 Å². The molecule has 0 nitrogen and oxygen atoms in total. The quantitative estimate of drug-likeness (QED) is 0.703. The molecule has 0 aliphatic rings. The van der Waals surface area contributed by atoms with Crippen LogP contribution < -0.4 is 0 Å². The maximum absolute atomic E-state index is 3.57. The summed E-state index contributed by atoms with van der Waals surface area (Å²) in [6.07, 6.45) is 1.19. The van der Waals surface area contributed by atoms with E-state index in [4.69, 9.17) is 0 Å². The molecule has 74 valence electrons. The number of thiophene rings is 1. The number of hydrogen-bond acceptors (Lipinski definition) is 1. The Hall–Kier alpha value is 0.660. The van der Waals surface area contributed by atoms with E-state index in [9.17, 15) is 0 Å².